The second-order valence-corrected chi connectivity index (χ2v) is 21.6. The maximum absolute atomic E-state index is 15.2. The van der Waals surface area contributed by atoms with Gasteiger partial charge in [0.25, 0.3) is 5.91 Å². The number of unbranched alkanes of at least 4 members (excludes halogenated alkanes) is 1. The lowest BCUT2D eigenvalue weighted by atomic mass is 9.82. The maximum Gasteiger partial charge on any atom is 0.408 e. The average Bonchev–Trinajstić information content (AvgIpc) is 3.98. The van der Waals surface area contributed by atoms with Gasteiger partial charge in [-0.1, -0.05) is 88.7 Å². The highest BCUT2D eigenvalue weighted by atomic mass is 32.2. The average molecular weight is 795 g/mol. The van der Waals surface area contributed by atoms with Crippen molar-refractivity contribution in [2.24, 2.45) is 17.3 Å². The van der Waals surface area contributed by atoms with Crippen LogP contribution in [0.5, 0.6) is 0 Å². The van der Waals surface area contributed by atoms with Gasteiger partial charge in [-0.05, 0) is 105 Å². The number of nitrogens with zero attached hydrogens (tertiary/aromatic N) is 2. The minimum Gasteiger partial charge on any atom is -0.465 e. The summed E-state index contributed by atoms with van der Waals surface area (Å²) in [7, 11) is -3.87. The van der Waals surface area contributed by atoms with Crippen molar-refractivity contribution in [3.63, 3.8) is 0 Å². The molecule has 0 radical (unpaired) electrons. The number of hydrogen-bond acceptors (Lipinski definition) is 7. The standard InChI is InChI=1S/C42H58N4O7S2/c1-8-9-23-54-41(30-19-17-28(18-20-30)27-13-11-10-12-14-27)25-33(45(26-41)36(48)34(39(2,3)4)46(38(50)51)40(5,6)7)35(47)43-42(24-32(42)29-15-16-29)37(49)44-55(52,53)31-21-22-31/h10-14,17-20,29,31-34H,8-9,15-16,21-26H2,1-7H3,(H,43,47)(H,44,49)(H,50,51)/t32-,33-,34+,41-,42+/m0/s1. The van der Waals surface area contributed by atoms with E-state index in [4.69, 9.17) is 0 Å². The second-order valence-electron chi connectivity index (χ2n) is 18.2. The number of sulfonamides is 1. The molecule has 3 aliphatic carbocycles. The summed E-state index contributed by atoms with van der Waals surface area (Å²) in [5, 5.41) is 13.0. The first-order valence-electron chi connectivity index (χ1n) is 19.7. The molecule has 3 N–H and O–H groups in total. The first-order valence-corrected chi connectivity index (χ1v) is 22.3. The van der Waals surface area contributed by atoms with Crippen LogP contribution in [0.4, 0.5) is 4.79 Å². The van der Waals surface area contributed by atoms with Crippen LogP contribution < -0.4 is 10.0 Å². The van der Waals surface area contributed by atoms with E-state index in [1.165, 1.54) is 4.90 Å². The van der Waals surface area contributed by atoms with E-state index in [1.54, 1.807) is 37.4 Å². The molecule has 5 atom stereocenters. The summed E-state index contributed by atoms with van der Waals surface area (Å²) in [5.41, 5.74) is -0.152. The van der Waals surface area contributed by atoms with E-state index in [-0.39, 0.29) is 24.8 Å². The third kappa shape index (κ3) is 8.57. The monoisotopic (exact) mass is 794 g/mol. The molecule has 2 aromatic rings. The molecule has 2 aromatic carbocycles. The lowest BCUT2D eigenvalue weighted by Crippen LogP contribution is -2.64. The molecule has 4 aliphatic rings. The summed E-state index contributed by atoms with van der Waals surface area (Å²) < 4.78 is 27.5. The quantitative estimate of drug-likeness (QED) is 0.177. The fourth-order valence-corrected chi connectivity index (χ4v) is 11.4. The molecule has 4 amide bonds. The molecule has 3 saturated carbocycles. The fourth-order valence-electron chi connectivity index (χ4n) is 8.36. The Balaban J connectivity index is 1.41. The first-order chi connectivity index (χ1) is 25.7. The van der Waals surface area contributed by atoms with Crippen LogP contribution in [0.1, 0.15) is 105 Å². The number of likely N-dealkylation sites (tertiary alicyclic amines) is 1. The molecular weight excluding hydrogens is 737 g/mol. The fraction of sp³-hybridized carbons (Fsp3) is 0.619. The van der Waals surface area contributed by atoms with Crippen LogP contribution in [0.3, 0.4) is 0 Å². The molecule has 1 saturated heterocycles. The van der Waals surface area contributed by atoms with E-state index < -0.39 is 72.4 Å². The Labute approximate surface area is 330 Å². The van der Waals surface area contributed by atoms with Gasteiger partial charge in [0.1, 0.15) is 17.6 Å². The van der Waals surface area contributed by atoms with Crippen LogP contribution in [0.2, 0.25) is 0 Å². The summed E-state index contributed by atoms with van der Waals surface area (Å²) >= 11 is 1.70. The third-order valence-corrected chi connectivity index (χ3v) is 15.1. The van der Waals surface area contributed by atoms with Crippen LogP contribution in [0, 0.1) is 17.3 Å². The Bertz CT molecular complexity index is 1880. The second kappa shape index (κ2) is 15.1. The van der Waals surface area contributed by atoms with E-state index >= 15 is 4.79 Å². The SMILES string of the molecule is CCCCS[C@@]1(c2ccc(-c3ccccc3)cc2)C[C@@H](C(=O)N[C@]2(C(=O)NS(=O)(=O)C3CC3)C[C@H]2C2CC2)N(C(=O)[C@@H](N(C(=O)O)C(C)(C)C)C(C)(C)C)C1. The van der Waals surface area contributed by atoms with Crippen molar-refractivity contribution in [1.82, 2.24) is 19.8 Å². The zero-order valence-electron chi connectivity index (χ0n) is 33.3. The van der Waals surface area contributed by atoms with Gasteiger partial charge in [-0.25, -0.2) is 13.2 Å². The predicted molar refractivity (Wildman–Crippen MR) is 216 cm³/mol. The molecule has 300 valence electrons. The normalized spacial score (nSPS) is 25.9. The highest BCUT2D eigenvalue weighted by Crippen LogP contribution is 2.58. The molecule has 1 aliphatic heterocycles. The van der Waals surface area contributed by atoms with Crippen LogP contribution >= 0.6 is 11.8 Å². The van der Waals surface area contributed by atoms with E-state index in [1.807, 2.05) is 51.1 Å². The van der Waals surface area contributed by atoms with Crippen molar-refractivity contribution in [2.75, 3.05) is 12.3 Å². The van der Waals surface area contributed by atoms with Gasteiger partial charge < -0.3 is 15.3 Å². The number of hydrogen-bond donors (Lipinski definition) is 3. The summed E-state index contributed by atoms with van der Waals surface area (Å²) in [6.07, 6.45) is 3.99. The molecule has 0 bridgehead atoms. The summed E-state index contributed by atoms with van der Waals surface area (Å²) in [4.78, 5) is 59.8. The number of carbonyl (C=O) groups excluding carboxylic acids is 3. The molecule has 6 rings (SSSR count). The minimum atomic E-state index is -3.87. The number of nitrogens with one attached hydrogen (secondary N) is 2. The van der Waals surface area contributed by atoms with Gasteiger partial charge in [0, 0.05) is 12.1 Å². The van der Waals surface area contributed by atoms with Crippen molar-refractivity contribution in [2.45, 2.75) is 133 Å². The van der Waals surface area contributed by atoms with Crippen LogP contribution in [0.25, 0.3) is 11.1 Å². The Morgan fingerprint density at radius 3 is 2.07 bits per heavy atom. The summed E-state index contributed by atoms with van der Waals surface area (Å²) in [6, 6.07) is 16.1. The molecule has 55 heavy (non-hydrogen) atoms. The Morgan fingerprint density at radius 2 is 1.55 bits per heavy atom. The zero-order chi connectivity index (χ0) is 40.1. The molecule has 0 aromatic heterocycles. The van der Waals surface area contributed by atoms with Crippen LogP contribution in [-0.2, 0) is 29.2 Å². The number of carbonyl (C=O) groups is 4. The Kier molecular flexibility index (Phi) is 11.2. The van der Waals surface area contributed by atoms with Gasteiger partial charge >= 0.3 is 6.09 Å². The lowest BCUT2D eigenvalue weighted by molar-refractivity contribution is -0.148. The predicted octanol–water partition coefficient (Wildman–Crippen LogP) is 6.77. The van der Waals surface area contributed by atoms with Gasteiger partial charge in [0.15, 0.2) is 0 Å². The van der Waals surface area contributed by atoms with Crippen molar-refractivity contribution in [3.05, 3.63) is 60.2 Å². The van der Waals surface area contributed by atoms with Gasteiger partial charge in [-0.3, -0.25) is 24.0 Å². The van der Waals surface area contributed by atoms with Gasteiger partial charge in [-0.2, -0.15) is 0 Å². The molecule has 0 unspecified atom stereocenters. The molecular formula is C42H58N4O7S2. The first kappa shape index (κ1) is 41.1. The highest BCUT2D eigenvalue weighted by Gasteiger charge is 2.67. The molecule has 1 heterocycles. The lowest BCUT2D eigenvalue weighted by Gasteiger charge is -2.46. The summed E-state index contributed by atoms with van der Waals surface area (Å²) in [6.45, 7) is 13.0. The van der Waals surface area contributed by atoms with Crippen LogP contribution in [-0.4, -0.2) is 87.8 Å². The third-order valence-electron chi connectivity index (χ3n) is 11.7. The largest absolute Gasteiger partial charge is 0.465 e. The molecule has 11 nitrogen and oxygen atoms in total. The number of thioether (sulfide) groups is 1. The van der Waals surface area contributed by atoms with Crippen LogP contribution in [0.15, 0.2) is 54.6 Å². The van der Waals surface area contributed by atoms with E-state index in [0.717, 1.165) is 48.1 Å². The zero-order valence-corrected chi connectivity index (χ0v) is 34.9. The minimum absolute atomic E-state index is 0.147. The van der Waals surface area contributed by atoms with Gasteiger partial charge in [-0.15, -0.1) is 11.8 Å². The molecule has 0 spiro atoms. The van der Waals surface area contributed by atoms with Crippen molar-refractivity contribution in [1.29, 1.82) is 0 Å². The number of carboxylic acid groups (broad SMARTS) is 1. The summed E-state index contributed by atoms with van der Waals surface area (Å²) in [5.74, 6) is -0.930. The topological polar surface area (TPSA) is 153 Å². The van der Waals surface area contributed by atoms with Crippen molar-refractivity contribution < 1.29 is 32.7 Å². The van der Waals surface area contributed by atoms with Crippen molar-refractivity contribution >= 4 is 45.6 Å². The van der Waals surface area contributed by atoms with Gasteiger partial charge in [0.2, 0.25) is 21.8 Å². The Hall–Kier alpha value is -3.58. The molecule has 13 heteroatoms. The number of rotatable bonds is 14. The van der Waals surface area contributed by atoms with Crippen molar-refractivity contribution in [3.8, 4) is 11.1 Å². The van der Waals surface area contributed by atoms with E-state index in [0.29, 0.717) is 19.3 Å². The van der Waals surface area contributed by atoms with E-state index in [9.17, 15) is 27.9 Å². The Morgan fingerprint density at radius 1 is 0.927 bits per heavy atom. The number of amides is 4. The highest BCUT2D eigenvalue weighted by molar-refractivity contribution is 8.00. The maximum atomic E-state index is 15.2. The number of benzene rings is 2. The molecule has 4 fully saturated rings. The van der Waals surface area contributed by atoms with E-state index in [2.05, 4.69) is 41.2 Å². The van der Waals surface area contributed by atoms with Gasteiger partial charge in [0.05, 0.1) is 10.00 Å². The smallest absolute Gasteiger partial charge is 0.408 e.